The van der Waals surface area contributed by atoms with Crippen LogP contribution in [0.15, 0.2) is 65.9 Å². The van der Waals surface area contributed by atoms with Crippen molar-refractivity contribution < 1.29 is 4.74 Å². The van der Waals surface area contributed by atoms with E-state index in [0.29, 0.717) is 0 Å². The molecule has 2 aromatic rings. The van der Waals surface area contributed by atoms with E-state index in [1.165, 1.54) is 11.3 Å². The molecular formula is C25H29N3O. The lowest BCUT2D eigenvalue weighted by atomic mass is 10.0. The van der Waals surface area contributed by atoms with Crippen LogP contribution in [0.2, 0.25) is 0 Å². The number of methoxy groups -OCH3 is 1. The molecule has 0 fully saturated rings. The highest BCUT2D eigenvalue weighted by Gasteiger charge is 2.27. The maximum atomic E-state index is 5.27. The van der Waals surface area contributed by atoms with Crippen LogP contribution in [-0.2, 0) is 6.54 Å². The Morgan fingerprint density at radius 1 is 0.966 bits per heavy atom. The van der Waals surface area contributed by atoms with Crippen LogP contribution in [0.3, 0.4) is 0 Å². The first kappa shape index (κ1) is 19.6. The summed E-state index contributed by atoms with van der Waals surface area (Å²) in [6, 6.07) is 18.6. The number of hydrogen-bond acceptors (Lipinski definition) is 4. The van der Waals surface area contributed by atoms with Gasteiger partial charge in [-0.25, -0.2) is 0 Å². The van der Waals surface area contributed by atoms with Gasteiger partial charge < -0.3 is 9.64 Å². The van der Waals surface area contributed by atoms with Crippen LogP contribution < -0.4 is 4.74 Å². The van der Waals surface area contributed by atoms with Crippen LogP contribution in [0.5, 0.6) is 5.75 Å². The van der Waals surface area contributed by atoms with Crippen LogP contribution >= 0.6 is 0 Å². The molecule has 0 atom stereocenters. The van der Waals surface area contributed by atoms with Crippen molar-refractivity contribution in [3.05, 3.63) is 77.0 Å². The summed E-state index contributed by atoms with van der Waals surface area (Å²) >= 11 is 0. The molecule has 4 heteroatoms. The van der Waals surface area contributed by atoms with Crippen LogP contribution in [0.4, 0.5) is 0 Å². The normalized spacial score (nSPS) is 17.5. The Balaban J connectivity index is 1.37. The Labute approximate surface area is 174 Å². The molecule has 150 valence electrons. The Hall–Kier alpha value is -2.74. The summed E-state index contributed by atoms with van der Waals surface area (Å²) in [6.45, 7) is 5.91. The Morgan fingerprint density at radius 2 is 1.72 bits per heavy atom. The van der Waals surface area contributed by atoms with Crippen molar-refractivity contribution in [1.82, 2.24) is 14.7 Å². The second kappa shape index (κ2) is 9.17. The molecule has 2 heterocycles. The van der Waals surface area contributed by atoms with E-state index in [9.17, 15) is 0 Å². The first-order valence-electron chi connectivity index (χ1n) is 10.2. The van der Waals surface area contributed by atoms with Gasteiger partial charge in [0.15, 0.2) is 0 Å². The van der Waals surface area contributed by atoms with E-state index in [1.807, 2.05) is 30.3 Å². The van der Waals surface area contributed by atoms with Crippen LogP contribution in [0, 0.1) is 11.8 Å². The minimum absolute atomic E-state index is 0.827. The van der Waals surface area contributed by atoms with Crippen LogP contribution in [-0.4, -0.2) is 61.7 Å². The predicted molar refractivity (Wildman–Crippen MR) is 117 cm³/mol. The van der Waals surface area contributed by atoms with Gasteiger partial charge in [-0.1, -0.05) is 42.2 Å². The van der Waals surface area contributed by atoms with Gasteiger partial charge in [0.1, 0.15) is 5.75 Å². The van der Waals surface area contributed by atoms with Gasteiger partial charge >= 0.3 is 0 Å². The lowest BCUT2D eigenvalue weighted by molar-refractivity contribution is 0.137. The highest BCUT2D eigenvalue weighted by Crippen LogP contribution is 2.26. The second-order valence-corrected chi connectivity index (χ2v) is 7.85. The van der Waals surface area contributed by atoms with Crippen molar-refractivity contribution in [1.29, 1.82) is 0 Å². The molecule has 0 N–H and O–H groups in total. The first-order chi connectivity index (χ1) is 14.2. The van der Waals surface area contributed by atoms with E-state index >= 15 is 0 Å². The minimum atomic E-state index is 0.827. The van der Waals surface area contributed by atoms with E-state index < -0.39 is 0 Å². The number of hydrogen-bond donors (Lipinski definition) is 0. The van der Waals surface area contributed by atoms with E-state index in [-0.39, 0.29) is 0 Å². The zero-order valence-corrected chi connectivity index (χ0v) is 17.4. The summed E-state index contributed by atoms with van der Waals surface area (Å²) in [4.78, 5) is 7.41. The van der Waals surface area contributed by atoms with Crippen molar-refractivity contribution in [2.24, 2.45) is 0 Å². The molecular weight excluding hydrogens is 358 g/mol. The summed E-state index contributed by atoms with van der Waals surface area (Å²) in [5.41, 5.74) is 5.49. The fourth-order valence-electron chi connectivity index (χ4n) is 4.19. The lowest BCUT2D eigenvalue weighted by Gasteiger charge is -2.42. The topological polar surface area (TPSA) is 19.0 Å². The average molecular weight is 388 g/mol. The molecule has 0 aromatic heterocycles. The zero-order valence-electron chi connectivity index (χ0n) is 17.4. The summed E-state index contributed by atoms with van der Waals surface area (Å²) < 4.78 is 5.27. The molecule has 0 spiro atoms. The third-order valence-electron chi connectivity index (χ3n) is 5.65. The largest absolute Gasteiger partial charge is 0.497 e. The van der Waals surface area contributed by atoms with Gasteiger partial charge in [-0.3, -0.25) is 9.80 Å². The van der Waals surface area contributed by atoms with E-state index in [0.717, 1.165) is 57.1 Å². The van der Waals surface area contributed by atoms with Gasteiger partial charge in [-0.05, 0) is 35.4 Å². The van der Waals surface area contributed by atoms with Crippen molar-refractivity contribution in [3.63, 3.8) is 0 Å². The minimum Gasteiger partial charge on any atom is -0.497 e. The van der Waals surface area contributed by atoms with Crippen LogP contribution in [0.25, 0.3) is 0 Å². The molecule has 29 heavy (non-hydrogen) atoms. The molecule has 0 amide bonds. The summed E-state index contributed by atoms with van der Waals surface area (Å²) in [5, 5.41) is 0. The van der Waals surface area contributed by atoms with Gasteiger partial charge in [0.2, 0.25) is 0 Å². The fraction of sp³-hybridized carbons (Fsp3) is 0.360. The van der Waals surface area contributed by atoms with Gasteiger partial charge in [-0.2, -0.15) is 0 Å². The zero-order chi connectivity index (χ0) is 20.1. The van der Waals surface area contributed by atoms with Gasteiger partial charge in [0.25, 0.3) is 0 Å². The molecule has 2 aromatic carbocycles. The van der Waals surface area contributed by atoms with E-state index in [2.05, 4.69) is 57.9 Å². The number of rotatable bonds is 4. The molecule has 0 saturated carbocycles. The van der Waals surface area contributed by atoms with Gasteiger partial charge in [-0.15, -0.1) is 0 Å². The highest BCUT2D eigenvalue weighted by molar-refractivity contribution is 5.34. The lowest BCUT2D eigenvalue weighted by Crippen LogP contribution is -2.47. The molecule has 2 aliphatic rings. The standard InChI is InChI=1S/C25H29N3O/c1-26-20-28(17-22-10-12-24(29-2)13-11-22)19-23-18-27(16-14-25(23)26)15-6-9-21-7-4-3-5-8-21/h3-5,7-8,10-13H,14-20H2,1-2H3. The van der Waals surface area contributed by atoms with Crippen molar-refractivity contribution in [3.8, 4) is 17.6 Å². The average Bonchev–Trinajstić information content (AvgIpc) is 2.75. The molecule has 4 nitrogen and oxygen atoms in total. The molecule has 0 saturated heterocycles. The maximum absolute atomic E-state index is 5.27. The highest BCUT2D eigenvalue weighted by atomic mass is 16.5. The summed E-state index contributed by atoms with van der Waals surface area (Å²) in [6.07, 6.45) is 1.12. The first-order valence-corrected chi connectivity index (χ1v) is 10.2. The molecule has 2 aliphatic heterocycles. The molecule has 0 radical (unpaired) electrons. The number of benzene rings is 2. The maximum Gasteiger partial charge on any atom is 0.118 e. The van der Waals surface area contributed by atoms with Gasteiger partial charge in [0.05, 0.1) is 20.3 Å². The Kier molecular flexibility index (Phi) is 6.19. The van der Waals surface area contributed by atoms with E-state index in [1.54, 1.807) is 12.7 Å². The molecule has 0 aliphatic carbocycles. The quantitative estimate of drug-likeness (QED) is 0.749. The van der Waals surface area contributed by atoms with E-state index in [4.69, 9.17) is 4.74 Å². The van der Waals surface area contributed by atoms with Gasteiger partial charge in [0, 0.05) is 50.9 Å². The Morgan fingerprint density at radius 3 is 2.48 bits per heavy atom. The van der Waals surface area contributed by atoms with Crippen LogP contribution in [0.1, 0.15) is 17.5 Å². The number of nitrogens with zero attached hydrogens (tertiary/aromatic N) is 3. The summed E-state index contributed by atoms with van der Waals surface area (Å²) in [5.74, 6) is 7.55. The van der Waals surface area contributed by atoms with Crippen molar-refractivity contribution in [2.75, 3.05) is 47.0 Å². The van der Waals surface area contributed by atoms with Crippen molar-refractivity contribution >= 4 is 0 Å². The monoisotopic (exact) mass is 387 g/mol. The third kappa shape index (κ3) is 5.00. The SMILES string of the molecule is COc1ccc(CN2CC3=C(CCN(CC#Cc4ccccc4)C3)N(C)C2)cc1. The predicted octanol–water partition coefficient (Wildman–Crippen LogP) is 3.41. The second-order valence-electron chi connectivity index (χ2n) is 7.85. The Bertz CT molecular complexity index is 909. The smallest absolute Gasteiger partial charge is 0.118 e. The summed E-state index contributed by atoms with van der Waals surface area (Å²) in [7, 11) is 3.93. The number of ether oxygens (including phenoxy) is 1. The molecule has 4 rings (SSSR count). The molecule has 0 unspecified atom stereocenters. The van der Waals surface area contributed by atoms with Crippen molar-refractivity contribution in [2.45, 2.75) is 13.0 Å². The fourth-order valence-corrected chi connectivity index (χ4v) is 4.19. The molecule has 0 bridgehead atoms. The third-order valence-corrected chi connectivity index (χ3v) is 5.65.